The third-order valence-electron chi connectivity index (χ3n) is 2.29. The molecule has 0 aliphatic carbocycles. The summed E-state index contributed by atoms with van der Waals surface area (Å²) in [6.07, 6.45) is 1.52. The lowest BCUT2D eigenvalue weighted by Gasteiger charge is -2.24. The summed E-state index contributed by atoms with van der Waals surface area (Å²) in [5, 5.41) is 0. The SMILES string of the molecule is CC[C@](C)(CCOC)C(=O)NS. The van der Waals surface area contributed by atoms with Gasteiger partial charge in [0.15, 0.2) is 0 Å². The van der Waals surface area contributed by atoms with Crippen LogP contribution in [0.15, 0.2) is 0 Å². The zero-order chi connectivity index (χ0) is 9.61. The summed E-state index contributed by atoms with van der Waals surface area (Å²) in [6, 6.07) is 0. The average Bonchev–Trinajstić information content (AvgIpc) is 2.12. The minimum atomic E-state index is -0.349. The predicted molar refractivity (Wildman–Crippen MR) is 52.0 cm³/mol. The maximum absolute atomic E-state index is 11.3. The fourth-order valence-electron chi connectivity index (χ4n) is 0.913. The minimum Gasteiger partial charge on any atom is -0.385 e. The van der Waals surface area contributed by atoms with Gasteiger partial charge in [0.2, 0.25) is 5.91 Å². The second kappa shape index (κ2) is 5.43. The van der Waals surface area contributed by atoms with E-state index < -0.39 is 0 Å². The van der Waals surface area contributed by atoms with E-state index in [1.54, 1.807) is 7.11 Å². The van der Waals surface area contributed by atoms with Crippen LogP contribution in [0.1, 0.15) is 26.7 Å². The number of carbonyl (C=O) groups excluding carboxylic acids is 1. The van der Waals surface area contributed by atoms with E-state index in [1.165, 1.54) is 0 Å². The molecule has 0 unspecified atom stereocenters. The third-order valence-corrected chi connectivity index (χ3v) is 2.49. The summed E-state index contributed by atoms with van der Waals surface area (Å²) in [6.45, 7) is 4.50. The van der Waals surface area contributed by atoms with Crippen LogP contribution in [0.4, 0.5) is 0 Å². The van der Waals surface area contributed by atoms with Crippen LogP contribution in [0, 0.1) is 5.41 Å². The van der Waals surface area contributed by atoms with E-state index in [9.17, 15) is 4.79 Å². The Morgan fingerprint density at radius 3 is 2.58 bits per heavy atom. The second-order valence-corrected chi connectivity index (χ2v) is 3.32. The number of hydrogen-bond donors (Lipinski definition) is 2. The van der Waals surface area contributed by atoms with Crippen molar-refractivity contribution in [2.24, 2.45) is 5.41 Å². The zero-order valence-corrected chi connectivity index (χ0v) is 8.78. The molecule has 12 heavy (non-hydrogen) atoms. The molecule has 1 atom stereocenters. The molecule has 0 spiro atoms. The molecule has 0 aliphatic heterocycles. The molecule has 0 aromatic heterocycles. The van der Waals surface area contributed by atoms with Gasteiger partial charge in [0.25, 0.3) is 0 Å². The largest absolute Gasteiger partial charge is 0.385 e. The van der Waals surface area contributed by atoms with Crippen LogP contribution in [0.5, 0.6) is 0 Å². The first-order valence-electron chi connectivity index (χ1n) is 4.04. The highest BCUT2D eigenvalue weighted by molar-refractivity contribution is 7.78. The van der Waals surface area contributed by atoms with Crippen LogP contribution in [-0.2, 0) is 9.53 Å². The Hall–Kier alpha value is -0.220. The topological polar surface area (TPSA) is 38.3 Å². The van der Waals surface area contributed by atoms with E-state index >= 15 is 0 Å². The molecule has 0 bridgehead atoms. The number of methoxy groups -OCH3 is 1. The lowest BCUT2D eigenvalue weighted by atomic mass is 9.84. The maximum atomic E-state index is 11.3. The highest BCUT2D eigenvalue weighted by Crippen LogP contribution is 2.25. The quantitative estimate of drug-likeness (QED) is 0.645. The van der Waals surface area contributed by atoms with Crippen LogP contribution in [0.2, 0.25) is 0 Å². The van der Waals surface area contributed by atoms with E-state index in [2.05, 4.69) is 17.5 Å². The van der Waals surface area contributed by atoms with Crippen molar-refractivity contribution in [2.45, 2.75) is 26.7 Å². The van der Waals surface area contributed by atoms with Crippen molar-refractivity contribution in [2.75, 3.05) is 13.7 Å². The molecular weight excluding hydrogens is 174 g/mol. The fourth-order valence-corrected chi connectivity index (χ4v) is 1.18. The summed E-state index contributed by atoms with van der Waals surface area (Å²) >= 11 is 3.74. The molecule has 0 rings (SSSR count). The molecule has 4 heteroatoms. The zero-order valence-electron chi connectivity index (χ0n) is 7.89. The van der Waals surface area contributed by atoms with Crippen molar-refractivity contribution in [3.05, 3.63) is 0 Å². The number of hydrogen-bond acceptors (Lipinski definition) is 3. The Kier molecular flexibility index (Phi) is 5.33. The fraction of sp³-hybridized carbons (Fsp3) is 0.875. The number of carbonyl (C=O) groups is 1. The lowest BCUT2D eigenvalue weighted by Crippen LogP contribution is -2.35. The normalized spacial score (nSPS) is 15.3. The Morgan fingerprint density at radius 2 is 2.25 bits per heavy atom. The molecule has 1 amide bonds. The van der Waals surface area contributed by atoms with Gasteiger partial charge in [0.1, 0.15) is 0 Å². The van der Waals surface area contributed by atoms with Gasteiger partial charge < -0.3 is 9.46 Å². The monoisotopic (exact) mass is 191 g/mol. The van der Waals surface area contributed by atoms with Gasteiger partial charge >= 0.3 is 0 Å². The van der Waals surface area contributed by atoms with Crippen LogP contribution < -0.4 is 4.72 Å². The molecule has 1 N–H and O–H groups in total. The molecule has 0 fully saturated rings. The summed E-state index contributed by atoms with van der Waals surface area (Å²) in [5.74, 6) is -0.0367. The van der Waals surface area contributed by atoms with E-state index in [4.69, 9.17) is 4.74 Å². The molecule has 0 saturated heterocycles. The average molecular weight is 191 g/mol. The van der Waals surface area contributed by atoms with Crippen LogP contribution in [0.3, 0.4) is 0 Å². The van der Waals surface area contributed by atoms with Gasteiger partial charge in [-0.05, 0) is 12.8 Å². The van der Waals surface area contributed by atoms with E-state index in [-0.39, 0.29) is 11.3 Å². The first kappa shape index (κ1) is 11.8. The van der Waals surface area contributed by atoms with Gasteiger partial charge in [-0.15, -0.1) is 0 Å². The number of rotatable bonds is 5. The Morgan fingerprint density at radius 1 is 1.67 bits per heavy atom. The minimum absolute atomic E-state index is 0.0367. The second-order valence-electron chi connectivity index (χ2n) is 3.10. The number of nitrogens with one attached hydrogen (secondary N) is 1. The van der Waals surface area contributed by atoms with Gasteiger partial charge in [0, 0.05) is 19.1 Å². The van der Waals surface area contributed by atoms with E-state index in [0.29, 0.717) is 6.61 Å². The molecule has 0 heterocycles. The summed E-state index contributed by atoms with van der Waals surface area (Å²) in [7, 11) is 1.63. The van der Waals surface area contributed by atoms with Crippen LogP contribution in [-0.4, -0.2) is 19.6 Å². The molecule has 0 aromatic carbocycles. The summed E-state index contributed by atoms with van der Waals surface area (Å²) < 4.78 is 7.29. The number of ether oxygens (including phenoxy) is 1. The van der Waals surface area contributed by atoms with Crippen molar-refractivity contribution in [3.8, 4) is 0 Å². The van der Waals surface area contributed by atoms with Crippen molar-refractivity contribution in [1.82, 2.24) is 4.72 Å². The van der Waals surface area contributed by atoms with E-state index in [1.807, 2.05) is 13.8 Å². The summed E-state index contributed by atoms with van der Waals surface area (Å²) in [4.78, 5) is 11.3. The van der Waals surface area contributed by atoms with Gasteiger partial charge in [-0.25, -0.2) is 0 Å². The Balaban J connectivity index is 4.13. The Labute approximate surface area is 79.4 Å². The predicted octanol–water partition coefficient (Wildman–Crippen LogP) is 1.40. The van der Waals surface area contributed by atoms with Gasteiger partial charge in [-0.3, -0.25) is 4.79 Å². The van der Waals surface area contributed by atoms with Gasteiger partial charge in [-0.2, -0.15) is 0 Å². The van der Waals surface area contributed by atoms with Gasteiger partial charge in [-0.1, -0.05) is 26.7 Å². The van der Waals surface area contributed by atoms with Crippen LogP contribution in [0.25, 0.3) is 0 Å². The number of amides is 1. The molecule has 3 nitrogen and oxygen atoms in total. The van der Waals surface area contributed by atoms with Crippen molar-refractivity contribution < 1.29 is 9.53 Å². The standard InChI is InChI=1S/C8H17NO2S/c1-4-8(2,5-6-11-3)7(10)9-12/h12H,4-6H2,1-3H3,(H,9,10)/t8-/m1/s1. The number of thiol groups is 1. The van der Waals surface area contributed by atoms with Crippen molar-refractivity contribution in [1.29, 1.82) is 0 Å². The molecule has 0 aliphatic rings. The molecule has 0 aromatic rings. The molecule has 0 saturated carbocycles. The molecular formula is C8H17NO2S. The lowest BCUT2D eigenvalue weighted by molar-refractivity contribution is -0.129. The first-order valence-corrected chi connectivity index (χ1v) is 4.49. The highest BCUT2D eigenvalue weighted by Gasteiger charge is 2.29. The third kappa shape index (κ3) is 3.03. The van der Waals surface area contributed by atoms with Crippen LogP contribution >= 0.6 is 12.8 Å². The summed E-state index contributed by atoms with van der Waals surface area (Å²) in [5.41, 5.74) is -0.349. The van der Waals surface area contributed by atoms with Crippen molar-refractivity contribution >= 4 is 18.7 Å². The first-order chi connectivity index (χ1) is 5.60. The smallest absolute Gasteiger partial charge is 0.235 e. The maximum Gasteiger partial charge on any atom is 0.235 e. The highest BCUT2D eigenvalue weighted by atomic mass is 32.1. The Bertz CT molecular complexity index is 152. The molecule has 72 valence electrons. The van der Waals surface area contributed by atoms with Gasteiger partial charge in [0.05, 0.1) is 0 Å². The molecule has 0 radical (unpaired) electrons. The van der Waals surface area contributed by atoms with Crippen molar-refractivity contribution in [3.63, 3.8) is 0 Å². The van der Waals surface area contributed by atoms with E-state index in [0.717, 1.165) is 12.8 Å².